The van der Waals surface area contributed by atoms with Gasteiger partial charge in [0.25, 0.3) is 0 Å². The Morgan fingerprint density at radius 3 is 2.46 bits per heavy atom. The van der Waals surface area contributed by atoms with E-state index < -0.39 is 0 Å². The Hall–Kier alpha value is -0.940. The molecule has 5 heteroatoms. The normalized spacial score (nSPS) is 9.54. The molecule has 0 radical (unpaired) electrons. The fraction of sp³-hybridized carbons (Fsp3) is 0.250. The van der Waals surface area contributed by atoms with Gasteiger partial charge < -0.3 is 14.9 Å². The highest BCUT2D eigenvalue weighted by Gasteiger charge is 2.11. The summed E-state index contributed by atoms with van der Waals surface area (Å²) in [6.07, 6.45) is 0. The molecule has 13 heavy (non-hydrogen) atoms. The van der Waals surface area contributed by atoms with Crippen molar-refractivity contribution in [1.82, 2.24) is 0 Å². The molecule has 0 aliphatic carbocycles. The number of hydrogen-bond acceptors (Lipinski definition) is 4. The van der Waals surface area contributed by atoms with Crippen molar-refractivity contribution in [2.24, 2.45) is 5.84 Å². The minimum Gasteiger partial charge on any atom is -0.493 e. The van der Waals surface area contributed by atoms with Crippen molar-refractivity contribution in [2.45, 2.75) is 0 Å². The number of halogens is 1. The lowest BCUT2D eigenvalue weighted by atomic mass is 10.3. The number of ether oxygens (including phenoxy) is 2. The predicted molar refractivity (Wildman–Crippen MR) is 55.1 cm³/mol. The number of hydrazine groups is 1. The fourth-order valence-corrected chi connectivity index (χ4v) is 1.60. The standard InChI is InChI=1S/C8H11BrN2O2/c1-12-6-4-3-5(11-10)7(9)8(6)13-2/h3-4,11H,10H2,1-2H3. The molecule has 4 nitrogen and oxygen atoms in total. The lowest BCUT2D eigenvalue weighted by molar-refractivity contribution is 0.353. The first-order valence-corrected chi connectivity index (χ1v) is 4.41. The Balaban J connectivity index is 3.23. The quantitative estimate of drug-likeness (QED) is 0.631. The first-order valence-electron chi connectivity index (χ1n) is 3.61. The van der Waals surface area contributed by atoms with Crippen molar-refractivity contribution >= 4 is 21.6 Å². The molecule has 1 rings (SSSR count). The summed E-state index contributed by atoms with van der Waals surface area (Å²) in [6.45, 7) is 0. The van der Waals surface area contributed by atoms with Crippen molar-refractivity contribution < 1.29 is 9.47 Å². The lowest BCUT2D eigenvalue weighted by Crippen LogP contribution is -2.07. The molecule has 0 saturated carbocycles. The first-order chi connectivity index (χ1) is 6.24. The summed E-state index contributed by atoms with van der Waals surface area (Å²) in [6, 6.07) is 3.57. The highest BCUT2D eigenvalue weighted by Crippen LogP contribution is 2.39. The van der Waals surface area contributed by atoms with Crippen molar-refractivity contribution in [3.8, 4) is 11.5 Å². The van der Waals surface area contributed by atoms with Gasteiger partial charge in [0.05, 0.1) is 24.4 Å². The van der Waals surface area contributed by atoms with Crippen LogP contribution in [0.15, 0.2) is 16.6 Å². The van der Waals surface area contributed by atoms with E-state index in [0.717, 1.165) is 10.2 Å². The van der Waals surface area contributed by atoms with Crippen molar-refractivity contribution in [1.29, 1.82) is 0 Å². The van der Waals surface area contributed by atoms with E-state index in [1.54, 1.807) is 26.4 Å². The van der Waals surface area contributed by atoms with Gasteiger partial charge in [0, 0.05) is 0 Å². The molecule has 1 aromatic carbocycles. The molecule has 0 fully saturated rings. The Morgan fingerprint density at radius 2 is 2.00 bits per heavy atom. The lowest BCUT2D eigenvalue weighted by Gasteiger charge is -2.12. The second-order valence-corrected chi connectivity index (χ2v) is 3.10. The van der Waals surface area contributed by atoms with Gasteiger partial charge in [0.2, 0.25) is 0 Å². The topological polar surface area (TPSA) is 56.5 Å². The van der Waals surface area contributed by atoms with Crippen molar-refractivity contribution in [3.05, 3.63) is 16.6 Å². The number of rotatable bonds is 3. The number of nitrogens with two attached hydrogens (primary N) is 1. The van der Waals surface area contributed by atoms with Crippen LogP contribution in [0.5, 0.6) is 11.5 Å². The monoisotopic (exact) mass is 246 g/mol. The average molecular weight is 247 g/mol. The van der Waals surface area contributed by atoms with Gasteiger partial charge in [-0.05, 0) is 28.1 Å². The molecule has 0 aliphatic rings. The van der Waals surface area contributed by atoms with Gasteiger partial charge in [-0.3, -0.25) is 5.84 Å². The number of methoxy groups -OCH3 is 2. The summed E-state index contributed by atoms with van der Waals surface area (Å²) >= 11 is 3.35. The highest BCUT2D eigenvalue weighted by atomic mass is 79.9. The molecule has 0 aromatic heterocycles. The van der Waals surface area contributed by atoms with Crippen molar-refractivity contribution in [3.63, 3.8) is 0 Å². The van der Waals surface area contributed by atoms with E-state index in [-0.39, 0.29) is 0 Å². The van der Waals surface area contributed by atoms with Gasteiger partial charge in [-0.15, -0.1) is 0 Å². The van der Waals surface area contributed by atoms with Gasteiger partial charge in [-0.1, -0.05) is 0 Å². The van der Waals surface area contributed by atoms with Crippen LogP contribution in [0.3, 0.4) is 0 Å². The van der Waals surface area contributed by atoms with Gasteiger partial charge in [0.1, 0.15) is 0 Å². The van der Waals surface area contributed by atoms with Crippen LogP contribution in [0.25, 0.3) is 0 Å². The molecule has 3 N–H and O–H groups in total. The van der Waals surface area contributed by atoms with E-state index in [1.165, 1.54) is 0 Å². The van der Waals surface area contributed by atoms with Gasteiger partial charge in [-0.25, -0.2) is 0 Å². The predicted octanol–water partition coefficient (Wildman–Crippen LogP) is 1.75. The largest absolute Gasteiger partial charge is 0.493 e. The molecule has 0 amide bonds. The summed E-state index contributed by atoms with van der Waals surface area (Å²) < 4.78 is 11.0. The van der Waals surface area contributed by atoms with Crippen LogP contribution in [0.1, 0.15) is 0 Å². The maximum Gasteiger partial charge on any atom is 0.177 e. The SMILES string of the molecule is COc1ccc(NN)c(Br)c1OC. The van der Waals surface area contributed by atoms with Crippen LogP contribution in [-0.2, 0) is 0 Å². The van der Waals surface area contributed by atoms with E-state index in [2.05, 4.69) is 21.4 Å². The minimum atomic E-state index is 0.623. The highest BCUT2D eigenvalue weighted by molar-refractivity contribution is 9.10. The van der Waals surface area contributed by atoms with Gasteiger partial charge in [0.15, 0.2) is 11.5 Å². The summed E-state index contributed by atoms with van der Waals surface area (Å²) in [4.78, 5) is 0. The summed E-state index contributed by atoms with van der Waals surface area (Å²) in [5, 5.41) is 0. The van der Waals surface area contributed by atoms with Crippen LogP contribution in [0.2, 0.25) is 0 Å². The number of nitrogen functional groups attached to an aromatic ring is 1. The van der Waals surface area contributed by atoms with Gasteiger partial charge in [-0.2, -0.15) is 0 Å². The third-order valence-corrected chi connectivity index (χ3v) is 2.43. The summed E-state index contributed by atoms with van der Waals surface area (Å²) in [5.41, 5.74) is 3.29. The molecule has 0 spiro atoms. The van der Waals surface area contributed by atoms with Crippen LogP contribution < -0.4 is 20.7 Å². The summed E-state index contributed by atoms with van der Waals surface area (Å²) in [7, 11) is 3.16. The number of anilines is 1. The molecule has 0 unspecified atom stereocenters. The zero-order valence-electron chi connectivity index (χ0n) is 7.43. The van der Waals surface area contributed by atoms with E-state index in [4.69, 9.17) is 15.3 Å². The average Bonchev–Trinajstić information content (AvgIpc) is 2.17. The van der Waals surface area contributed by atoms with Gasteiger partial charge >= 0.3 is 0 Å². The van der Waals surface area contributed by atoms with Crippen LogP contribution in [0.4, 0.5) is 5.69 Å². The second kappa shape index (κ2) is 4.34. The Kier molecular flexibility index (Phi) is 3.39. The van der Waals surface area contributed by atoms with E-state index in [0.29, 0.717) is 11.5 Å². The number of benzene rings is 1. The Labute approximate surface area is 85.1 Å². The van der Waals surface area contributed by atoms with Crippen molar-refractivity contribution in [2.75, 3.05) is 19.6 Å². The first kappa shape index (κ1) is 10.1. The Morgan fingerprint density at radius 1 is 1.31 bits per heavy atom. The summed E-state index contributed by atoms with van der Waals surface area (Å²) in [5.74, 6) is 6.57. The third kappa shape index (κ3) is 1.87. The van der Waals surface area contributed by atoms with Crippen LogP contribution in [-0.4, -0.2) is 14.2 Å². The smallest absolute Gasteiger partial charge is 0.177 e. The Bertz CT molecular complexity index is 304. The molecule has 0 atom stereocenters. The maximum absolute atomic E-state index is 5.29. The molecule has 0 saturated heterocycles. The molecular weight excluding hydrogens is 236 g/mol. The minimum absolute atomic E-state index is 0.623. The number of hydrogen-bond donors (Lipinski definition) is 2. The van der Waals surface area contributed by atoms with E-state index in [1.807, 2.05) is 0 Å². The molecular formula is C8H11BrN2O2. The zero-order valence-corrected chi connectivity index (χ0v) is 9.01. The molecule has 0 aliphatic heterocycles. The molecule has 1 aromatic rings. The number of nitrogens with one attached hydrogen (secondary N) is 1. The maximum atomic E-state index is 5.29. The second-order valence-electron chi connectivity index (χ2n) is 2.31. The third-order valence-electron chi connectivity index (χ3n) is 1.64. The fourth-order valence-electron chi connectivity index (χ4n) is 1.00. The van der Waals surface area contributed by atoms with E-state index in [9.17, 15) is 0 Å². The van der Waals surface area contributed by atoms with E-state index >= 15 is 0 Å². The zero-order chi connectivity index (χ0) is 9.84. The molecule has 72 valence electrons. The van der Waals surface area contributed by atoms with Crippen LogP contribution in [0, 0.1) is 0 Å². The molecule has 0 heterocycles. The molecule has 0 bridgehead atoms. The van der Waals surface area contributed by atoms with Crippen LogP contribution >= 0.6 is 15.9 Å².